The van der Waals surface area contributed by atoms with Gasteiger partial charge in [0.25, 0.3) is 5.91 Å². The van der Waals surface area contributed by atoms with Crippen LogP contribution in [0.1, 0.15) is 16.9 Å². The average Bonchev–Trinajstić information content (AvgIpc) is 2.97. The maximum Gasteiger partial charge on any atom is 0.298 e. The Morgan fingerprint density at radius 3 is 3.18 bits per heavy atom. The summed E-state index contributed by atoms with van der Waals surface area (Å²) in [4.78, 5) is 17.3. The predicted molar refractivity (Wildman–Crippen MR) is 62.1 cm³/mol. The van der Waals surface area contributed by atoms with Gasteiger partial charge >= 0.3 is 0 Å². The number of nitrogens with one attached hydrogen (secondary N) is 1. The summed E-state index contributed by atoms with van der Waals surface area (Å²) in [6, 6.07) is 5.31. The van der Waals surface area contributed by atoms with Gasteiger partial charge in [0.1, 0.15) is 0 Å². The highest BCUT2D eigenvalue weighted by atomic mass is 16.7. The highest BCUT2D eigenvalue weighted by Crippen LogP contribution is 2.21. The van der Waals surface area contributed by atoms with Crippen molar-refractivity contribution in [2.75, 3.05) is 18.9 Å². The number of nitrogens with zero attached hydrogens (tertiary/aromatic N) is 2. The van der Waals surface area contributed by atoms with Crippen molar-refractivity contribution in [3.05, 3.63) is 23.9 Å². The number of carbonyl (C=O) groups is 1. The molecule has 0 radical (unpaired) electrons. The smallest absolute Gasteiger partial charge is 0.298 e. The van der Waals surface area contributed by atoms with E-state index in [0.717, 1.165) is 17.3 Å². The lowest BCUT2D eigenvalue weighted by atomic mass is 10.2. The molecule has 0 atom stereocenters. The molecule has 1 aromatic carbocycles. The summed E-state index contributed by atoms with van der Waals surface area (Å²) in [5.41, 5.74) is 7.46. The van der Waals surface area contributed by atoms with Gasteiger partial charge in [-0.1, -0.05) is 0 Å². The lowest BCUT2D eigenvalue weighted by Gasteiger charge is -2.11. The number of carbonyl (C=O) groups excluding carboxylic acids is 1. The Bertz CT molecular complexity index is 572. The second kappa shape index (κ2) is 3.74. The molecular weight excluding hydrogens is 220 g/mol. The zero-order valence-corrected chi connectivity index (χ0v) is 9.14. The lowest BCUT2D eigenvalue weighted by molar-refractivity contribution is -0.0770. The zero-order valence-electron chi connectivity index (χ0n) is 9.14. The number of hydrogen-bond donors (Lipinski definition) is 2. The van der Waals surface area contributed by atoms with Crippen LogP contribution < -0.4 is 5.73 Å². The van der Waals surface area contributed by atoms with Crippen LogP contribution >= 0.6 is 0 Å². The van der Waals surface area contributed by atoms with Crippen molar-refractivity contribution in [3.63, 3.8) is 0 Å². The lowest BCUT2D eigenvalue weighted by Crippen LogP contribution is -2.26. The zero-order chi connectivity index (χ0) is 11.8. The van der Waals surface area contributed by atoms with Crippen LogP contribution in [0.5, 0.6) is 0 Å². The minimum absolute atomic E-state index is 0.223. The van der Waals surface area contributed by atoms with Crippen LogP contribution in [-0.4, -0.2) is 34.3 Å². The Hall–Kier alpha value is -2.08. The first-order valence-electron chi connectivity index (χ1n) is 5.44. The van der Waals surface area contributed by atoms with Gasteiger partial charge in [0, 0.05) is 11.1 Å². The van der Waals surface area contributed by atoms with Crippen molar-refractivity contribution < 1.29 is 9.63 Å². The van der Waals surface area contributed by atoms with Gasteiger partial charge in [-0.15, -0.1) is 0 Å². The van der Waals surface area contributed by atoms with Crippen LogP contribution in [0.15, 0.2) is 18.2 Å². The van der Waals surface area contributed by atoms with Crippen LogP contribution in [-0.2, 0) is 4.84 Å². The molecule has 0 bridgehead atoms. The molecule has 1 aliphatic rings. The quantitative estimate of drug-likeness (QED) is 0.716. The molecule has 1 amide bonds. The fourth-order valence-corrected chi connectivity index (χ4v) is 1.92. The standard InChI is InChI=1S/C11H12N4O2/c12-7-2-3-9-8(6-7)10(14-13-9)11(16)15-4-1-5-17-15/h2-3,6H,1,4-5,12H2,(H,13,14). The summed E-state index contributed by atoms with van der Waals surface area (Å²) >= 11 is 0. The van der Waals surface area contributed by atoms with Crippen molar-refractivity contribution >= 4 is 22.5 Å². The Balaban J connectivity index is 2.04. The third-order valence-corrected chi connectivity index (χ3v) is 2.77. The third-order valence-electron chi connectivity index (χ3n) is 2.77. The highest BCUT2D eigenvalue weighted by molar-refractivity contribution is 6.05. The number of nitrogen functional groups attached to an aromatic ring is 1. The van der Waals surface area contributed by atoms with Gasteiger partial charge in [-0.3, -0.25) is 14.7 Å². The van der Waals surface area contributed by atoms with E-state index >= 15 is 0 Å². The fraction of sp³-hybridized carbons (Fsp3) is 0.273. The second-order valence-corrected chi connectivity index (χ2v) is 3.97. The molecule has 1 fully saturated rings. The van der Waals surface area contributed by atoms with Crippen LogP contribution in [0.4, 0.5) is 5.69 Å². The Labute approximate surface area is 97.3 Å². The van der Waals surface area contributed by atoms with E-state index in [1.165, 1.54) is 5.06 Å². The van der Waals surface area contributed by atoms with Gasteiger partial charge in [-0.05, 0) is 24.6 Å². The van der Waals surface area contributed by atoms with Crippen molar-refractivity contribution in [1.82, 2.24) is 15.3 Å². The predicted octanol–water partition coefficient (Wildman–Crippen LogP) is 0.923. The van der Waals surface area contributed by atoms with E-state index in [2.05, 4.69) is 10.2 Å². The molecule has 17 heavy (non-hydrogen) atoms. The average molecular weight is 232 g/mol. The molecule has 3 N–H and O–H groups in total. The van der Waals surface area contributed by atoms with Crippen LogP contribution in [0.2, 0.25) is 0 Å². The summed E-state index contributed by atoms with van der Waals surface area (Å²) in [7, 11) is 0. The molecule has 0 spiro atoms. The number of anilines is 1. The summed E-state index contributed by atoms with van der Waals surface area (Å²) in [6.45, 7) is 1.19. The van der Waals surface area contributed by atoms with Gasteiger partial charge in [0.15, 0.2) is 5.69 Å². The van der Waals surface area contributed by atoms with Crippen molar-refractivity contribution in [2.24, 2.45) is 0 Å². The van der Waals surface area contributed by atoms with Crippen LogP contribution in [0.3, 0.4) is 0 Å². The second-order valence-electron chi connectivity index (χ2n) is 3.97. The number of aromatic amines is 1. The molecule has 1 aromatic heterocycles. The Morgan fingerprint density at radius 1 is 1.53 bits per heavy atom. The maximum atomic E-state index is 12.1. The molecule has 88 valence electrons. The van der Waals surface area contributed by atoms with Gasteiger partial charge in [-0.25, -0.2) is 5.06 Å². The molecule has 1 aliphatic heterocycles. The first-order chi connectivity index (χ1) is 8.25. The summed E-state index contributed by atoms with van der Waals surface area (Å²) in [5.74, 6) is -0.223. The van der Waals surface area contributed by atoms with Crippen molar-refractivity contribution in [1.29, 1.82) is 0 Å². The van der Waals surface area contributed by atoms with Gasteiger partial charge in [-0.2, -0.15) is 5.10 Å². The molecule has 2 aromatic rings. The van der Waals surface area contributed by atoms with E-state index in [1.54, 1.807) is 18.2 Å². The molecule has 0 aliphatic carbocycles. The number of amides is 1. The molecular formula is C11H12N4O2. The topological polar surface area (TPSA) is 84.2 Å². The van der Waals surface area contributed by atoms with E-state index in [1.807, 2.05) is 0 Å². The number of hydrogen-bond acceptors (Lipinski definition) is 4. The van der Waals surface area contributed by atoms with E-state index in [9.17, 15) is 4.79 Å². The van der Waals surface area contributed by atoms with E-state index in [0.29, 0.717) is 24.5 Å². The van der Waals surface area contributed by atoms with Crippen molar-refractivity contribution in [3.8, 4) is 0 Å². The number of aromatic nitrogens is 2. The molecule has 3 rings (SSSR count). The monoisotopic (exact) mass is 232 g/mol. The van der Waals surface area contributed by atoms with Crippen molar-refractivity contribution in [2.45, 2.75) is 6.42 Å². The number of hydroxylamine groups is 2. The maximum absolute atomic E-state index is 12.1. The normalized spacial score (nSPS) is 15.6. The molecule has 0 saturated carbocycles. The number of fused-ring (bicyclic) bond motifs is 1. The summed E-state index contributed by atoms with van der Waals surface area (Å²) in [6.07, 6.45) is 0.857. The highest BCUT2D eigenvalue weighted by Gasteiger charge is 2.24. The van der Waals surface area contributed by atoms with E-state index < -0.39 is 0 Å². The molecule has 2 heterocycles. The Kier molecular flexibility index (Phi) is 2.22. The minimum Gasteiger partial charge on any atom is -0.399 e. The van der Waals surface area contributed by atoms with E-state index in [4.69, 9.17) is 10.6 Å². The van der Waals surface area contributed by atoms with Crippen LogP contribution in [0.25, 0.3) is 10.9 Å². The number of H-pyrrole nitrogens is 1. The molecule has 1 saturated heterocycles. The summed E-state index contributed by atoms with van der Waals surface area (Å²) < 4.78 is 0. The largest absolute Gasteiger partial charge is 0.399 e. The number of rotatable bonds is 1. The SMILES string of the molecule is Nc1ccc2[nH]nc(C(=O)N3CCCO3)c2c1. The molecule has 6 nitrogen and oxygen atoms in total. The fourth-order valence-electron chi connectivity index (χ4n) is 1.92. The van der Waals surface area contributed by atoms with Crippen LogP contribution in [0, 0.1) is 0 Å². The van der Waals surface area contributed by atoms with Gasteiger partial charge in [0.05, 0.1) is 18.7 Å². The van der Waals surface area contributed by atoms with Gasteiger partial charge < -0.3 is 5.73 Å². The first-order valence-corrected chi connectivity index (χ1v) is 5.44. The Morgan fingerprint density at radius 2 is 2.41 bits per heavy atom. The molecule has 0 unspecified atom stereocenters. The third kappa shape index (κ3) is 1.62. The molecule has 6 heteroatoms. The number of nitrogens with two attached hydrogens (primary N) is 1. The minimum atomic E-state index is -0.223. The summed E-state index contributed by atoms with van der Waals surface area (Å²) in [5, 5.41) is 8.91. The van der Waals surface area contributed by atoms with E-state index in [-0.39, 0.29) is 5.91 Å². The van der Waals surface area contributed by atoms with Gasteiger partial charge in [0.2, 0.25) is 0 Å². The number of benzene rings is 1. The first kappa shape index (κ1) is 10.1.